The van der Waals surface area contributed by atoms with Crippen molar-refractivity contribution in [1.82, 2.24) is 9.78 Å². The molecule has 3 aromatic rings. The molecule has 0 spiro atoms. The lowest BCUT2D eigenvalue weighted by Crippen LogP contribution is -2.10. The van der Waals surface area contributed by atoms with Crippen molar-refractivity contribution in [2.75, 3.05) is 11.9 Å². The molecule has 1 amide bonds. The number of amides is 1. The Morgan fingerprint density at radius 1 is 1.22 bits per heavy atom. The van der Waals surface area contributed by atoms with Crippen molar-refractivity contribution in [3.8, 4) is 5.75 Å². The van der Waals surface area contributed by atoms with E-state index in [2.05, 4.69) is 16.5 Å². The number of aryl methyl sites for hydroxylation is 2. The maximum atomic E-state index is 12.3. The standard InChI is InChI=1S/C20H23N3O4/c1-4-25-13-23-11-16(10-21-23)22-20(24)19-6-5-17(27-19)12-26-18-8-14(2)7-15(3)9-18/h5-11H,4,12-13H2,1-3H3,(H,22,24). The van der Waals surface area contributed by atoms with Gasteiger partial charge in [-0.2, -0.15) is 5.10 Å². The van der Waals surface area contributed by atoms with Crippen LogP contribution in [0.2, 0.25) is 0 Å². The lowest BCUT2D eigenvalue weighted by atomic mass is 10.1. The Bertz CT molecular complexity index is 893. The van der Waals surface area contributed by atoms with Crippen LogP contribution in [0.1, 0.15) is 34.4 Å². The molecule has 1 N–H and O–H groups in total. The molecular formula is C20H23N3O4. The molecule has 0 unspecified atom stereocenters. The fourth-order valence-corrected chi connectivity index (χ4v) is 2.62. The minimum Gasteiger partial charge on any atom is -0.486 e. The van der Waals surface area contributed by atoms with Crippen molar-refractivity contribution in [3.63, 3.8) is 0 Å². The molecule has 2 aromatic heterocycles. The van der Waals surface area contributed by atoms with Crippen LogP contribution in [-0.4, -0.2) is 22.3 Å². The Labute approximate surface area is 157 Å². The van der Waals surface area contributed by atoms with Gasteiger partial charge < -0.3 is 19.2 Å². The maximum absolute atomic E-state index is 12.3. The largest absolute Gasteiger partial charge is 0.486 e. The number of nitrogens with one attached hydrogen (secondary N) is 1. The Hall–Kier alpha value is -3.06. The van der Waals surface area contributed by atoms with Crippen LogP contribution in [0.3, 0.4) is 0 Å². The van der Waals surface area contributed by atoms with Crippen LogP contribution in [0.4, 0.5) is 5.69 Å². The summed E-state index contributed by atoms with van der Waals surface area (Å²) in [4.78, 5) is 12.3. The van der Waals surface area contributed by atoms with Gasteiger partial charge in [0.05, 0.1) is 18.1 Å². The summed E-state index contributed by atoms with van der Waals surface area (Å²) < 4.78 is 18.2. The summed E-state index contributed by atoms with van der Waals surface area (Å²) in [6, 6.07) is 9.36. The molecule has 1 aromatic carbocycles. The molecule has 142 valence electrons. The highest BCUT2D eigenvalue weighted by Gasteiger charge is 2.13. The highest BCUT2D eigenvalue weighted by Crippen LogP contribution is 2.19. The van der Waals surface area contributed by atoms with Crippen LogP contribution in [-0.2, 0) is 18.1 Å². The number of benzene rings is 1. The zero-order chi connectivity index (χ0) is 19.2. The van der Waals surface area contributed by atoms with Gasteiger partial charge in [-0.15, -0.1) is 0 Å². The average Bonchev–Trinajstić information content (AvgIpc) is 3.27. The van der Waals surface area contributed by atoms with E-state index >= 15 is 0 Å². The summed E-state index contributed by atoms with van der Waals surface area (Å²) in [6.07, 6.45) is 3.25. The van der Waals surface area contributed by atoms with E-state index in [0.717, 1.165) is 16.9 Å². The molecule has 0 bridgehead atoms. The Morgan fingerprint density at radius 2 is 2.00 bits per heavy atom. The number of nitrogens with zero attached hydrogens (tertiary/aromatic N) is 2. The predicted molar refractivity (Wildman–Crippen MR) is 101 cm³/mol. The smallest absolute Gasteiger partial charge is 0.291 e. The minimum atomic E-state index is -0.344. The Morgan fingerprint density at radius 3 is 2.74 bits per heavy atom. The highest BCUT2D eigenvalue weighted by atomic mass is 16.5. The molecule has 7 heteroatoms. The number of furan rings is 1. The molecule has 3 rings (SSSR count). The van der Waals surface area contributed by atoms with Crippen LogP contribution in [0, 0.1) is 13.8 Å². The molecule has 27 heavy (non-hydrogen) atoms. The summed E-state index contributed by atoms with van der Waals surface area (Å²) in [5, 5.41) is 6.85. The lowest BCUT2D eigenvalue weighted by molar-refractivity contribution is 0.0792. The summed E-state index contributed by atoms with van der Waals surface area (Å²) in [5.74, 6) is 1.22. The molecular weight excluding hydrogens is 346 g/mol. The van der Waals surface area contributed by atoms with Gasteiger partial charge >= 0.3 is 0 Å². The Balaban J connectivity index is 1.56. The molecule has 0 atom stereocenters. The molecule has 0 aliphatic carbocycles. The van der Waals surface area contributed by atoms with E-state index in [1.54, 1.807) is 29.2 Å². The van der Waals surface area contributed by atoms with Crippen molar-refractivity contribution in [2.45, 2.75) is 34.1 Å². The first-order valence-corrected chi connectivity index (χ1v) is 8.75. The van der Waals surface area contributed by atoms with Crippen molar-refractivity contribution >= 4 is 11.6 Å². The molecule has 0 saturated carbocycles. The van der Waals surface area contributed by atoms with Crippen molar-refractivity contribution in [1.29, 1.82) is 0 Å². The molecule has 0 radical (unpaired) electrons. The van der Waals surface area contributed by atoms with E-state index < -0.39 is 0 Å². The summed E-state index contributed by atoms with van der Waals surface area (Å²) in [6.45, 7) is 7.14. The van der Waals surface area contributed by atoms with E-state index in [1.165, 1.54) is 0 Å². The second-order valence-corrected chi connectivity index (χ2v) is 6.22. The number of carbonyl (C=O) groups is 1. The van der Waals surface area contributed by atoms with Gasteiger partial charge in [0.25, 0.3) is 5.91 Å². The van der Waals surface area contributed by atoms with Gasteiger partial charge in [-0.1, -0.05) is 6.07 Å². The first-order chi connectivity index (χ1) is 13.0. The molecule has 0 aliphatic rings. The van der Waals surface area contributed by atoms with E-state index in [4.69, 9.17) is 13.9 Å². The molecule has 2 heterocycles. The molecule has 0 aliphatic heterocycles. The maximum Gasteiger partial charge on any atom is 0.291 e. The van der Waals surface area contributed by atoms with Gasteiger partial charge in [-0.05, 0) is 56.2 Å². The van der Waals surface area contributed by atoms with Gasteiger partial charge in [0, 0.05) is 6.61 Å². The normalized spacial score (nSPS) is 10.8. The highest BCUT2D eigenvalue weighted by molar-refractivity contribution is 6.02. The van der Waals surface area contributed by atoms with Crippen molar-refractivity contribution in [3.05, 3.63) is 65.4 Å². The minimum absolute atomic E-state index is 0.214. The predicted octanol–water partition coefficient (Wildman–Crippen LogP) is 3.92. The third-order valence-corrected chi connectivity index (χ3v) is 3.78. The quantitative estimate of drug-likeness (QED) is 0.651. The number of carbonyl (C=O) groups excluding carboxylic acids is 1. The number of hydrogen-bond acceptors (Lipinski definition) is 5. The third kappa shape index (κ3) is 5.21. The molecule has 0 fully saturated rings. The summed E-state index contributed by atoms with van der Waals surface area (Å²) in [7, 11) is 0. The van der Waals surface area contributed by atoms with Gasteiger partial charge in [-0.3, -0.25) is 4.79 Å². The summed E-state index contributed by atoms with van der Waals surface area (Å²) in [5.41, 5.74) is 2.84. The SMILES string of the molecule is CCOCn1cc(NC(=O)c2ccc(COc3cc(C)cc(C)c3)o2)cn1. The van der Waals surface area contributed by atoms with Crippen LogP contribution >= 0.6 is 0 Å². The number of ether oxygens (including phenoxy) is 2. The van der Waals surface area contributed by atoms with Gasteiger partial charge in [0.15, 0.2) is 5.76 Å². The van der Waals surface area contributed by atoms with E-state index in [0.29, 0.717) is 24.8 Å². The lowest BCUT2D eigenvalue weighted by Gasteiger charge is -2.06. The van der Waals surface area contributed by atoms with Crippen LogP contribution < -0.4 is 10.1 Å². The Kier molecular flexibility index (Phi) is 5.93. The van der Waals surface area contributed by atoms with Crippen LogP contribution in [0.15, 0.2) is 47.1 Å². The van der Waals surface area contributed by atoms with E-state index in [1.807, 2.05) is 32.9 Å². The van der Waals surface area contributed by atoms with Crippen LogP contribution in [0.5, 0.6) is 5.75 Å². The van der Waals surface area contributed by atoms with Crippen molar-refractivity contribution < 1.29 is 18.7 Å². The first kappa shape index (κ1) is 18.7. The average molecular weight is 369 g/mol. The fraction of sp³-hybridized carbons (Fsp3) is 0.300. The zero-order valence-corrected chi connectivity index (χ0v) is 15.7. The third-order valence-electron chi connectivity index (χ3n) is 3.78. The first-order valence-electron chi connectivity index (χ1n) is 8.75. The van der Waals surface area contributed by atoms with Gasteiger partial charge in [-0.25, -0.2) is 4.68 Å². The second kappa shape index (κ2) is 8.55. The topological polar surface area (TPSA) is 78.5 Å². The number of anilines is 1. The molecule has 0 saturated heterocycles. The molecule has 7 nitrogen and oxygen atoms in total. The zero-order valence-electron chi connectivity index (χ0n) is 15.7. The number of rotatable bonds is 8. The van der Waals surface area contributed by atoms with E-state index in [9.17, 15) is 4.79 Å². The number of hydrogen-bond donors (Lipinski definition) is 1. The van der Waals surface area contributed by atoms with Crippen molar-refractivity contribution in [2.24, 2.45) is 0 Å². The van der Waals surface area contributed by atoms with Crippen LogP contribution in [0.25, 0.3) is 0 Å². The monoisotopic (exact) mass is 369 g/mol. The second-order valence-electron chi connectivity index (χ2n) is 6.22. The van der Waals surface area contributed by atoms with Gasteiger partial charge in [0.2, 0.25) is 0 Å². The summed E-state index contributed by atoms with van der Waals surface area (Å²) >= 11 is 0. The number of aromatic nitrogens is 2. The van der Waals surface area contributed by atoms with E-state index in [-0.39, 0.29) is 18.3 Å². The van der Waals surface area contributed by atoms with Gasteiger partial charge in [0.1, 0.15) is 24.8 Å². The fourth-order valence-electron chi connectivity index (χ4n) is 2.62.